The molecule has 0 aliphatic carbocycles. The summed E-state index contributed by atoms with van der Waals surface area (Å²) in [7, 11) is 1.63. The van der Waals surface area contributed by atoms with Crippen LogP contribution in [0.1, 0.15) is 27.2 Å². The smallest absolute Gasteiger partial charge is 0.407 e. The minimum atomic E-state index is -0.493. The lowest BCUT2D eigenvalue weighted by Crippen LogP contribution is -2.37. The number of nitrogens with two attached hydrogens (primary N) is 1. The lowest BCUT2D eigenvalue weighted by molar-refractivity contribution is 0.0527. The van der Waals surface area contributed by atoms with Gasteiger partial charge in [0.1, 0.15) is 11.4 Å². The molecule has 1 aromatic rings. The summed E-state index contributed by atoms with van der Waals surface area (Å²) in [5, 5.41) is 6.06. The van der Waals surface area contributed by atoms with Crippen LogP contribution < -0.4 is 21.1 Å². The van der Waals surface area contributed by atoms with E-state index >= 15 is 0 Å². The Labute approximate surface area is 132 Å². The van der Waals surface area contributed by atoms with Crippen molar-refractivity contribution in [3.8, 4) is 5.75 Å². The van der Waals surface area contributed by atoms with Gasteiger partial charge in [0.05, 0.1) is 12.8 Å². The predicted octanol–water partition coefficient (Wildman–Crippen LogP) is 2.35. The van der Waals surface area contributed by atoms with E-state index in [-0.39, 0.29) is 6.04 Å². The monoisotopic (exact) mass is 309 g/mol. The van der Waals surface area contributed by atoms with Crippen LogP contribution in [0.15, 0.2) is 24.3 Å². The van der Waals surface area contributed by atoms with Crippen LogP contribution in [0.25, 0.3) is 0 Å². The molecule has 124 valence electrons. The van der Waals surface area contributed by atoms with Crippen molar-refractivity contribution in [3.05, 3.63) is 24.3 Å². The Morgan fingerprint density at radius 2 is 2.00 bits per heavy atom. The molecule has 0 heterocycles. The number of methoxy groups -OCH3 is 1. The number of carbonyl (C=O) groups is 1. The highest BCUT2D eigenvalue weighted by molar-refractivity contribution is 5.67. The molecule has 0 aliphatic heterocycles. The molecular weight excluding hydrogens is 282 g/mol. The second kappa shape index (κ2) is 8.48. The van der Waals surface area contributed by atoms with E-state index in [2.05, 4.69) is 10.6 Å². The highest BCUT2D eigenvalue weighted by atomic mass is 16.6. The fraction of sp³-hybridized carbons (Fsp3) is 0.562. The summed E-state index contributed by atoms with van der Waals surface area (Å²) < 4.78 is 10.5. The maximum Gasteiger partial charge on any atom is 0.407 e. The molecule has 4 N–H and O–H groups in total. The highest BCUT2D eigenvalue weighted by Gasteiger charge is 2.16. The van der Waals surface area contributed by atoms with Gasteiger partial charge >= 0.3 is 6.09 Å². The van der Waals surface area contributed by atoms with E-state index < -0.39 is 11.7 Å². The van der Waals surface area contributed by atoms with Crippen LogP contribution in [0, 0.1) is 0 Å². The third-order valence-electron chi connectivity index (χ3n) is 2.91. The molecule has 0 bridgehead atoms. The summed E-state index contributed by atoms with van der Waals surface area (Å²) in [6.07, 6.45) is 0.272. The van der Waals surface area contributed by atoms with E-state index in [0.29, 0.717) is 19.5 Å². The molecule has 22 heavy (non-hydrogen) atoms. The topological polar surface area (TPSA) is 85.6 Å². The number of alkyl carbamates (subject to hydrolysis) is 1. The number of hydrogen-bond acceptors (Lipinski definition) is 5. The Kier molecular flexibility index (Phi) is 6.98. The first-order valence-electron chi connectivity index (χ1n) is 7.42. The second-order valence-electron chi connectivity index (χ2n) is 5.99. The number of para-hydroxylation sites is 2. The number of benzene rings is 1. The standard InChI is InChI=1S/C16H27N3O3/c1-16(2,3)22-15(20)18-10-9-12(11-17)19-13-7-5-6-8-14(13)21-4/h5-8,12,19H,9-11,17H2,1-4H3,(H,18,20). The number of carbonyl (C=O) groups excluding carboxylic acids is 1. The van der Waals surface area contributed by atoms with E-state index in [0.717, 1.165) is 11.4 Å². The minimum absolute atomic E-state index is 0.0336. The van der Waals surface area contributed by atoms with Crippen molar-refractivity contribution in [2.45, 2.75) is 38.8 Å². The molecule has 1 atom stereocenters. The highest BCUT2D eigenvalue weighted by Crippen LogP contribution is 2.24. The van der Waals surface area contributed by atoms with Crippen molar-refractivity contribution >= 4 is 11.8 Å². The molecule has 0 aliphatic rings. The van der Waals surface area contributed by atoms with Crippen LogP contribution in [0.4, 0.5) is 10.5 Å². The third kappa shape index (κ3) is 6.67. The van der Waals surface area contributed by atoms with Gasteiger partial charge in [0.25, 0.3) is 0 Å². The largest absolute Gasteiger partial charge is 0.495 e. The molecule has 0 saturated carbocycles. The number of anilines is 1. The Morgan fingerprint density at radius 3 is 2.59 bits per heavy atom. The van der Waals surface area contributed by atoms with Crippen molar-refractivity contribution < 1.29 is 14.3 Å². The molecule has 6 nitrogen and oxygen atoms in total. The number of hydrogen-bond donors (Lipinski definition) is 3. The van der Waals surface area contributed by atoms with Crippen LogP contribution in [-0.2, 0) is 4.74 Å². The van der Waals surface area contributed by atoms with Gasteiger partial charge in [-0.2, -0.15) is 0 Å². The van der Waals surface area contributed by atoms with Crippen molar-refractivity contribution in [2.24, 2.45) is 5.73 Å². The number of ether oxygens (including phenoxy) is 2. The maximum atomic E-state index is 11.6. The zero-order valence-electron chi connectivity index (χ0n) is 13.8. The van der Waals surface area contributed by atoms with Crippen molar-refractivity contribution in [3.63, 3.8) is 0 Å². The van der Waals surface area contributed by atoms with Crippen molar-refractivity contribution in [2.75, 3.05) is 25.5 Å². The summed E-state index contributed by atoms with van der Waals surface area (Å²) >= 11 is 0. The lowest BCUT2D eigenvalue weighted by Gasteiger charge is -2.22. The molecule has 0 aromatic heterocycles. The van der Waals surface area contributed by atoms with Gasteiger partial charge in [-0.1, -0.05) is 12.1 Å². The second-order valence-corrected chi connectivity index (χ2v) is 5.99. The van der Waals surface area contributed by atoms with Crippen LogP contribution >= 0.6 is 0 Å². The van der Waals surface area contributed by atoms with Gasteiger partial charge in [-0.25, -0.2) is 4.79 Å². The van der Waals surface area contributed by atoms with E-state index in [9.17, 15) is 4.79 Å². The SMILES string of the molecule is COc1ccccc1NC(CN)CCNC(=O)OC(C)(C)C. The first kappa shape index (κ1) is 18.1. The quantitative estimate of drug-likeness (QED) is 0.720. The molecular formula is C16H27N3O3. The van der Waals surface area contributed by atoms with Crippen LogP contribution in [0.5, 0.6) is 5.75 Å². The third-order valence-corrected chi connectivity index (χ3v) is 2.91. The van der Waals surface area contributed by atoms with E-state index in [1.807, 2.05) is 45.0 Å². The molecule has 1 aromatic carbocycles. The Bertz CT molecular complexity index is 472. The van der Waals surface area contributed by atoms with Gasteiger partial charge in [0.2, 0.25) is 0 Å². The zero-order valence-corrected chi connectivity index (χ0v) is 13.8. The Morgan fingerprint density at radius 1 is 1.32 bits per heavy atom. The summed E-state index contributed by atoms with van der Waals surface area (Å²) in [5.74, 6) is 0.765. The van der Waals surface area contributed by atoms with Crippen LogP contribution in [0.3, 0.4) is 0 Å². The van der Waals surface area contributed by atoms with Crippen molar-refractivity contribution in [1.82, 2.24) is 5.32 Å². The summed E-state index contributed by atoms with van der Waals surface area (Å²) in [6.45, 7) is 6.43. The van der Waals surface area contributed by atoms with Gasteiger partial charge in [0, 0.05) is 19.1 Å². The lowest BCUT2D eigenvalue weighted by atomic mass is 10.2. The maximum absolute atomic E-state index is 11.6. The van der Waals surface area contributed by atoms with Gasteiger partial charge < -0.3 is 25.8 Å². The van der Waals surface area contributed by atoms with Gasteiger partial charge in [-0.05, 0) is 39.3 Å². The normalized spacial score (nSPS) is 12.4. The molecule has 1 rings (SSSR count). The van der Waals surface area contributed by atoms with Gasteiger partial charge in [0.15, 0.2) is 0 Å². The fourth-order valence-electron chi connectivity index (χ4n) is 1.90. The molecule has 1 amide bonds. The summed E-state index contributed by atoms with van der Waals surface area (Å²) in [4.78, 5) is 11.6. The molecule has 0 spiro atoms. The number of nitrogens with one attached hydrogen (secondary N) is 2. The van der Waals surface area contributed by atoms with Gasteiger partial charge in [-0.3, -0.25) is 0 Å². The first-order chi connectivity index (χ1) is 10.4. The van der Waals surface area contributed by atoms with Crippen molar-refractivity contribution in [1.29, 1.82) is 0 Å². The minimum Gasteiger partial charge on any atom is -0.495 e. The fourth-order valence-corrected chi connectivity index (χ4v) is 1.90. The molecule has 0 saturated heterocycles. The number of rotatable bonds is 7. The predicted molar refractivity (Wildman–Crippen MR) is 88.3 cm³/mol. The van der Waals surface area contributed by atoms with E-state index in [1.54, 1.807) is 7.11 Å². The van der Waals surface area contributed by atoms with E-state index in [4.69, 9.17) is 15.2 Å². The summed E-state index contributed by atoms with van der Waals surface area (Å²) in [6, 6.07) is 7.69. The molecule has 1 unspecified atom stereocenters. The van der Waals surface area contributed by atoms with Crippen LogP contribution in [-0.4, -0.2) is 37.9 Å². The summed E-state index contributed by atoms with van der Waals surface area (Å²) in [5.41, 5.74) is 6.18. The number of amides is 1. The van der Waals surface area contributed by atoms with E-state index in [1.165, 1.54) is 0 Å². The van der Waals surface area contributed by atoms with Crippen LogP contribution in [0.2, 0.25) is 0 Å². The molecule has 0 radical (unpaired) electrons. The average molecular weight is 309 g/mol. The molecule has 6 heteroatoms. The first-order valence-corrected chi connectivity index (χ1v) is 7.42. The zero-order chi connectivity index (χ0) is 16.6. The average Bonchev–Trinajstić information content (AvgIpc) is 2.44. The Hall–Kier alpha value is -1.95. The molecule has 0 fully saturated rings. The Balaban J connectivity index is 2.44. The van der Waals surface area contributed by atoms with Gasteiger partial charge in [-0.15, -0.1) is 0 Å².